The minimum absolute atomic E-state index is 0.0754. The van der Waals surface area contributed by atoms with Gasteiger partial charge in [-0.05, 0) is 30.7 Å². The van der Waals surface area contributed by atoms with Gasteiger partial charge in [-0.25, -0.2) is 0 Å². The number of rotatable bonds is 5. The van der Waals surface area contributed by atoms with E-state index in [-0.39, 0.29) is 23.2 Å². The summed E-state index contributed by atoms with van der Waals surface area (Å²) in [5, 5.41) is 14.3. The Morgan fingerprint density at radius 1 is 1.35 bits per heavy atom. The molecule has 8 nitrogen and oxygen atoms in total. The first-order valence-corrected chi connectivity index (χ1v) is 8.38. The van der Waals surface area contributed by atoms with Gasteiger partial charge in [0.15, 0.2) is 0 Å². The summed E-state index contributed by atoms with van der Waals surface area (Å²) in [5.41, 5.74) is 1.55. The van der Waals surface area contributed by atoms with E-state index in [0.29, 0.717) is 32.0 Å². The predicted octanol–water partition coefficient (Wildman–Crippen LogP) is 2.32. The average Bonchev–Trinajstić information content (AvgIpc) is 2.68. The Balaban J connectivity index is 1.80. The largest absolute Gasteiger partial charge is 0.378 e. The Bertz CT molecular complexity index is 791. The molecule has 1 aromatic heterocycles. The number of pyridine rings is 1. The van der Waals surface area contributed by atoms with Crippen LogP contribution in [0.25, 0.3) is 0 Å². The minimum Gasteiger partial charge on any atom is -0.378 e. The summed E-state index contributed by atoms with van der Waals surface area (Å²) in [4.78, 5) is 29.5. The molecule has 2 heterocycles. The van der Waals surface area contributed by atoms with E-state index in [1.54, 1.807) is 30.6 Å². The van der Waals surface area contributed by atoms with Gasteiger partial charge in [0.2, 0.25) is 0 Å². The van der Waals surface area contributed by atoms with Crippen molar-refractivity contribution in [2.24, 2.45) is 0 Å². The Morgan fingerprint density at radius 3 is 2.77 bits per heavy atom. The quantitative estimate of drug-likeness (QED) is 0.652. The number of carbonyl (C=O) groups is 1. The lowest BCUT2D eigenvalue weighted by molar-refractivity contribution is -0.384. The molecule has 2 aromatic rings. The summed E-state index contributed by atoms with van der Waals surface area (Å²) < 4.78 is 5.29. The molecule has 1 atom stereocenters. The van der Waals surface area contributed by atoms with Crippen LogP contribution in [0.4, 0.5) is 11.4 Å². The van der Waals surface area contributed by atoms with Gasteiger partial charge < -0.3 is 15.0 Å². The number of benzene rings is 1. The third kappa shape index (κ3) is 3.97. The zero-order valence-electron chi connectivity index (χ0n) is 14.4. The maximum atomic E-state index is 12.5. The van der Waals surface area contributed by atoms with Gasteiger partial charge in [-0.1, -0.05) is 6.07 Å². The van der Waals surface area contributed by atoms with Gasteiger partial charge in [-0.3, -0.25) is 19.9 Å². The Morgan fingerprint density at radius 2 is 2.12 bits per heavy atom. The summed E-state index contributed by atoms with van der Waals surface area (Å²) in [6.45, 7) is 4.07. The van der Waals surface area contributed by atoms with Crippen LogP contribution in [0.5, 0.6) is 0 Å². The number of anilines is 1. The van der Waals surface area contributed by atoms with Crippen LogP contribution >= 0.6 is 0 Å². The molecule has 1 aliphatic rings. The van der Waals surface area contributed by atoms with Crippen molar-refractivity contribution >= 4 is 17.3 Å². The van der Waals surface area contributed by atoms with Crippen molar-refractivity contribution in [1.82, 2.24) is 10.3 Å². The third-order valence-electron chi connectivity index (χ3n) is 4.32. The van der Waals surface area contributed by atoms with Crippen LogP contribution in [0.2, 0.25) is 0 Å². The van der Waals surface area contributed by atoms with Crippen molar-refractivity contribution in [3.8, 4) is 0 Å². The van der Waals surface area contributed by atoms with Crippen LogP contribution in [0, 0.1) is 10.1 Å². The molecular formula is C18H20N4O4. The first-order chi connectivity index (χ1) is 12.6. The fourth-order valence-electron chi connectivity index (χ4n) is 2.88. The number of morpholine rings is 1. The maximum Gasteiger partial charge on any atom is 0.293 e. The molecule has 136 valence electrons. The molecular weight excluding hydrogens is 336 g/mol. The summed E-state index contributed by atoms with van der Waals surface area (Å²) in [6, 6.07) is 7.97. The van der Waals surface area contributed by atoms with Crippen molar-refractivity contribution in [2.45, 2.75) is 13.0 Å². The molecule has 1 fully saturated rings. The number of hydrogen-bond acceptors (Lipinski definition) is 6. The van der Waals surface area contributed by atoms with Gasteiger partial charge in [0.05, 0.1) is 24.2 Å². The lowest BCUT2D eigenvalue weighted by Gasteiger charge is -2.28. The number of nitrogens with zero attached hydrogens (tertiary/aromatic N) is 3. The van der Waals surface area contributed by atoms with Crippen molar-refractivity contribution in [1.29, 1.82) is 0 Å². The second-order valence-corrected chi connectivity index (χ2v) is 6.04. The van der Waals surface area contributed by atoms with Crippen molar-refractivity contribution in [3.63, 3.8) is 0 Å². The lowest BCUT2D eigenvalue weighted by atomic mass is 10.1. The number of nitro benzene ring substituents is 1. The van der Waals surface area contributed by atoms with E-state index in [1.807, 2.05) is 17.9 Å². The number of ether oxygens (including phenoxy) is 1. The van der Waals surface area contributed by atoms with Crippen LogP contribution < -0.4 is 10.2 Å². The molecule has 1 aromatic carbocycles. The number of carbonyl (C=O) groups excluding carboxylic acids is 1. The van der Waals surface area contributed by atoms with E-state index < -0.39 is 4.92 Å². The molecule has 1 saturated heterocycles. The molecule has 8 heteroatoms. The van der Waals surface area contributed by atoms with Crippen LogP contribution in [-0.2, 0) is 4.74 Å². The monoisotopic (exact) mass is 356 g/mol. The molecule has 1 amide bonds. The van der Waals surface area contributed by atoms with Crippen LogP contribution in [0.15, 0.2) is 42.7 Å². The third-order valence-corrected chi connectivity index (χ3v) is 4.32. The smallest absolute Gasteiger partial charge is 0.293 e. The number of nitro groups is 1. The highest BCUT2D eigenvalue weighted by Gasteiger charge is 2.23. The van der Waals surface area contributed by atoms with E-state index in [1.165, 1.54) is 6.07 Å². The zero-order chi connectivity index (χ0) is 18.5. The average molecular weight is 356 g/mol. The molecule has 0 spiro atoms. The molecule has 0 aliphatic carbocycles. The van der Waals surface area contributed by atoms with Gasteiger partial charge in [-0.15, -0.1) is 0 Å². The fraction of sp³-hybridized carbons (Fsp3) is 0.333. The fourth-order valence-corrected chi connectivity index (χ4v) is 2.88. The van der Waals surface area contributed by atoms with E-state index in [4.69, 9.17) is 4.74 Å². The molecule has 0 radical (unpaired) electrons. The van der Waals surface area contributed by atoms with Gasteiger partial charge in [0.1, 0.15) is 5.69 Å². The van der Waals surface area contributed by atoms with Crippen molar-refractivity contribution in [3.05, 3.63) is 64.0 Å². The number of aromatic nitrogens is 1. The van der Waals surface area contributed by atoms with Crippen LogP contribution in [-0.4, -0.2) is 42.1 Å². The van der Waals surface area contributed by atoms with Gasteiger partial charge >= 0.3 is 0 Å². The Labute approximate surface area is 150 Å². The van der Waals surface area contributed by atoms with Gasteiger partial charge in [0, 0.05) is 37.1 Å². The highest BCUT2D eigenvalue weighted by Crippen LogP contribution is 2.30. The summed E-state index contributed by atoms with van der Waals surface area (Å²) in [6.07, 6.45) is 3.33. The van der Waals surface area contributed by atoms with Crippen molar-refractivity contribution < 1.29 is 14.5 Å². The molecule has 26 heavy (non-hydrogen) atoms. The highest BCUT2D eigenvalue weighted by atomic mass is 16.6. The number of hydrogen-bond donors (Lipinski definition) is 1. The first-order valence-electron chi connectivity index (χ1n) is 8.38. The second-order valence-electron chi connectivity index (χ2n) is 6.04. The molecule has 0 saturated carbocycles. The normalized spacial score (nSPS) is 15.3. The highest BCUT2D eigenvalue weighted by molar-refractivity contribution is 5.96. The standard InChI is InChI=1S/C18H20N4O4/c1-13(15-3-2-6-19-12-15)20-18(23)14-4-5-16(17(11-14)22(24)25)21-7-9-26-10-8-21/h2-6,11-13H,7-10H2,1H3,(H,20,23). The number of amides is 1. The minimum atomic E-state index is -0.452. The topological polar surface area (TPSA) is 97.6 Å². The van der Waals surface area contributed by atoms with E-state index in [0.717, 1.165) is 5.56 Å². The first kappa shape index (κ1) is 17.8. The second kappa shape index (κ2) is 7.92. The molecule has 1 N–H and O–H groups in total. The Kier molecular flexibility index (Phi) is 5.43. The van der Waals surface area contributed by atoms with Gasteiger partial charge in [-0.2, -0.15) is 0 Å². The number of nitrogens with one attached hydrogen (secondary N) is 1. The zero-order valence-corrected chi connectivity index (χ0v) is 14.4. The lowest BCUT2D eigenvalue weighted by Crippen LogP contribution is -2.36. The summed E-state index contributed by atoms with van der Waals surface area (Å²) >= 11 is 0. The maximum absolute atomic E-state index is 12.5. The SMILES string of the molecule is CC(NC(=O)c1ccc(N2CCOCC2)c([N+](=O)[O-])c1)c1cccnc1. The Hall–Kier alpha value is -3.00. The molecule has 1 aliphatic heterocycles. The molecule has 3 rings (SSSR count). The summed E-state index contributed by atoms with van der Waals surface area (Å²) in [7, 11) is 0. The van der Waals surface area contributed by atoms with Crippen molar-refractivity contribution in [2.75, 3.05) is 31.2 Å². The predicted molar refractivity (Wildman–Crippen MR) is 96.2 cm³/mol. The van der Waals surface area contributed by atoms with Gasteiger partial charge in [0.25, 0.3) is 11.6 Å². The van der Waals surface area contributed by atoms with E-state index in [9.17, 15) is 14.9 Å². The van der Waals surface area contributed by atoms with Crippen LogP contribution in [0.1, 0.15) is 28.9 Å². The molecule has 1 unspecified atom stereocenters. The molecule has 0 bridgehead atoms. The van der Waals surface area contributed by atoms with E-state index in [2.05, 4.69) is 10.3 Å². The van der Waals surface area contributed by atoms with E-state index >= 15 is 0 Å². The summed E-state index contributed by atoms with van der Waals surface area (Å²) in [5.74, 6) is -0.363. The van der Waals surface area contributed by atoms with Crippen LogP contribution in [0.3, 0.4) is 0 Å².